The molecule has 0 saturated heterocycles. The molecule has 1 aromatic heterocycles. The zero-order chi connectivity index (χ0) is 20.7. The molecular formula is C21H33N5OS. The second kappa shape index (κ2) is 10.5. The molecule has 2 aromatic rings. The molecule has 0 saturated carbocycles. The van der Waals surface area contributed by atoms with Gasteiger partial charge < -0.3 is 19.9 Å². The number of thiazole rings is 1. The van der Waals surface area contributed by atoms with E-state index in [2.05, 4.69) is 75.8 Å². The summed E-state index contributed by atoms with van der Waals surface area (Å²) >= 11 is 1.63. The number of aromatic nitrogens is 1. The lowest BCUT2D eigenvalue weighted by Gasteiger charge is -2.28. The van der Waals surface area contributed by atoms with Crippen molar-refractivity contribution in [3.05, 3.63) is 51.5 Å². The maximum Gasteiger partial charge on any atom is 0.193 e. The molecule has 0 spiro atoms. The number of hydrogen-bond acceptors (Lipinski definition) is 5. The summed E-state index contributed by atoms with van der Waals surface area (Å²) in [6.07, 6.45) is 0.0249. The molecule has 0 aliphatic rings. The summed E-state index contributed by atoms with van der Waals surface area (Å²) < 4.78 is 5.35. The quantitative estimate of drug-likeness (QED) is 0.540. The molecule has 1 N–H and O–H groups in total. The van der Waals surface area contributed by atoms with Gasteiger partial charge in [-0.3, -0.25) is 4.99 Å². The molecule has 6 nitrogen and oxygen atoms in total. The van der Waals surface area contributed by atoms with Gasteiger partial charge in [-0.1, -0.05) is 29.8 Å². The van der Waals surface area contributed by atoms with Gasteiger partial charge in [0, 0.05) is 33.1 Å². The Kier molecular flexibility index (Phi) is 8.41. The van der Waals surface area contributed by atoms with E-state index in [0.29, 0.717) is 6.54 Å². The van der Waals surface area contributed by atoms with E-state index in [-0.39, 0.29) is 12.1 Å². The Morgan fingerprint density at radius 2 is 1.93 bits per heavy atom. The fourth-order valence-electron chi connectivity index (χ4n) is 2.96. The molecule has 0 radical (unpaired) electrons. The van der Waals surface area contributed by atoms with E-state index in [4.69, 9.17) is 4.74 Å². The van der Waals surface area contributed by atoms with Crippen LogP contribution in [0.2, 0.25) is 0 Å². The van der Waals surface area contributed by atoms with Gasteiger partial charge in [-0.2, -0.15) is 0 Å². The Morgan fingerprint density at radius 1 is 1.25 bits per heavy atom. The first-order valence-corrected chi connectivity index (χ1v) is 10.4. The number of likely N-dealkylation sites (N-methyl/N-ethyl adjacent to an activating group) is 1. The first-order valence-electron chi connectivity index (χ1n) is 9.47. The molecule has 28 heavy (non-hydrogen) atoms. The average molecular weight is 404 g/mol. The van der Waals surface area contributed by atoms with E-state index in [9.17, 15) is 0 Å². The molecule has 0 fully saturated rings. The number of nitrogens with zero attached hydrogens (tertiary/aromatic N) is 4. The van der Waals surface area contributed by atoms with Crippen molar-refractivity contribution in [2.75, 3.05) is 41.8 Å². The van der Waals surface area contributed by atoms with Gasteiger partial charge in [0.25, 0.3) is 0 Å². The van der Waals surface area contributed by atoms with E-state index in [0.717, 1.165) is 23.2 Å². The summed E-state index contributed by atoms with van der Waals surface area (Å²) in [5, 5.41) is 6.60. The zero-order valence-corrected chi connectivity index (χ0v) is 18.9. The molecule has 0 aliphatic carbocycles. The van der Waals surface area contributed by atoms with Crippen LogP contribution >= 0.6 is 11.3 Å². The van der Waals surface area contributed by atoms with Crippen LogP contribution in [0, 0.1) is 6.92 Å². The lowest BCUT2D eigenvalue weighted by atomic mass is 10.0. The predicted octanol–water partition coefficient (Wildman–Crippen LogP) is 3.47. The maximum atomic E-state index is 5.35. The molecule has 0 bridgehead atoms. The lowest BCUT2D eigenvalue weighted by molar-refractivity contribution is 0.119. The molecule has 1 aromatic carbocycles. The first kappa shape index (κ1) is 22.3. The Balaban J connectivity index is 2.00. The van der Waals surface area contributed by atoms with Crippen LogP contribution in [-0.2, 0) is 11.3 Å². The average Bonchev–Trinajstić information content (AvgIpc) is 3.13. The molecule has 1 heterocycles. The largest absolute Gasteiger partial charge is 0.375 e. The van der Waals surface area contributed by atoms with E-state index in [1.807, 2.05) is 21.0 Å². The van der Waals surface area contributed by atoms with Crippen molar-refractivity contribution in [1.29, 1.82) is 0 Å². The van der Waals surface area contributed by atoms with Crippen LogP contribution in [0.25, 0.3) is 0 Å². The number of benzene rings is 1. The highest BCUT2D eigenvalue weighted by molar-refractivity contribution is 7.09. The minimum atomic E-state index is 0.0249. The number of ether oxygens (including phenoxy) is 1. The van der Waals surface area contributed by atoms with Gasteiger partial charge in [-0.15, -0.1) is 11.3 Å². The topological polar surface area (TPSA) is 53.0 Å². The van der Waals surface area contributed by atoms with Crippen molar-refractivity contribution < 1.29 is 4.74 Å². The SMILES string of the molecule is CN=C(NCC(c1ccc(C)cc1)N(C)C)N(C)Cc1csc(C(C)OC)n1. The van der Waals surface area contributed by atoms with Crippen LogP contribution < -0.4 is 5.32 Å². The third-order valence-electron chi connectivity index (χ3n) is 4.78. The second-order valence-electron chi connectivity index (χ2n) is 7.23. The number of guanidine groups is 1. The molecular weight excluding hydrogens is 370 g/mol. The minimum absolute atomic E-state index is 0.0249. The molecule has 154 valence electrons. The van der Waals surface area contributed by atoms with Crippen LogP contribution in [0.1, 0.15) is 40.9 Å². The molecule has 2 atom stereocenters. The van der Waals surface area contributed by atoms with Crippen molar-refractivity contribution in [3.8, 4) is 0 Å². The Bertz CT molecular complexity index is 756. The Labute approximate surface area is 173 Å². The zero-order valence-electron chi connectivity index (χ0n) is 18.1. The lowest BCUT2D eigenvalue weighted by Crippen LogP contribution is -2.42. The summed E-state index contributed by atoms with van der Waals surface area (Å²) in [6, 6.07) is 8.98. The van der Waals surface area contributed by atoms with E-state index < -0.39 is 0 Å². The third kappa shape index (κ3) is 6.02. The van der Waals surface area contributed by atoms with Gasteiger partial charge in [-0.25, -0.2) is 4.98 Å². The van der Waals surface area contributed by atoms with E-state index in [1.165, 1.54) is 11.1 Å². The number of aliphatic imine (C=N–C) groups is 1. The summed E-state index contributed by atoms with van der Waals surface area (Å²) in [6.45, 7) is 5.60. The van der Waals surface area contributed by atoms with Crippen LogP contribution in [-0.4, -0.2) is 62.6 Å². The van der Waals surface area contributed by atoms with Crippen molar-refractivity contribution in [3.63, 3.8) is 0 Å². The predicted molar refractivity (Wildman–Crippen MR) is 118 cm³/mol. The molecule has 0 aliphatic heterocycles. The minimum Gasteiger partial charge on any atom is -0.375 e. The summed E-state index contributed by atoms with van der Waals surface area (Å²) in [5.41, 5.74) is 3.59. The first-order chi connectivity index (χ1) is 13.3. The highest BCUT2D eigenvalue weighted by Gasteiger charge is 2.17. The number of methoxy groups -OCH3 is 1. The number of rotatable bonds is 8. The van der Waals surface area contributed by atoms with Gasteiger partial charge in [-0.05, 0) is 33.5 Å². The smallest absolute Gasteiger partial charge is 0.193 e. The fraction of sp³-hybridized carbons (Fsp3) is 0.524. The van der Waals surface area contributed by atoms with E-state index >= 15 is 0 Å². The Hall–Kier alpha value is -1.96. The van der Waals surface area contributed by atoms with Crippen LogP contribution in [0.4, 0.5) is 0 Å². The highest BCUT2D eigenvalue weighted by Crippen LogP contribution is 2.21. The van der Waals surface area contributed by atoms with Crippen LogP contribution in [0.5, 0.6) is 0 Å². The monoisotopic (exact) mass is 403 g/mol. The van der Waals surface area contributed by atoms with Crippen molar-refractivity contribution in [2.45, 2.75) is 32.5 Å². The van der Waals surface area contributed by atoms with Crippen LogP contribution in [0.15, 0.2) is 34.6 Å². The molecule has 2 unspecified atom stereocenters. The normalized spacial score (nSPS) is 14.2. The van der Waals surface area contributed by atoms with Gasteiger partial charge >= 0.3 is 0 Å². The van der Waals surface area contributed by atoms with Gasteiger partial charge in [0.2, 0.25) is 0 Å². The van der Waals surface area contributed by atoms with Crippen molar-refractivity contribution >= 4 is 17.3 Å². The van der Waals surface area contributed by atoms with E-state index in [1.54, 1.807) is 18.4 Å². The molecule has 2 rings (SSSR count). The molecule has 7 heteroatoms. The standard InChI is InChI=1S/C21H33N5OS/c1-15-8-10-17(11-9-15)19(25(4)5)12-23-21(22-3)26(6)13-18-14-28-20(24-18)16(2)27-7/h8-11,14,16,19H,12-13H2,1-7H3,(H,22,23). The van der Waals surface area contributed by atoms with Crippen molar-refractivity contribution in [1.82, 2.24) is 20.1 Å². The van der Waals surface area contributed by atoms with Gasteiger partial charge in [0.1, 0.15) is 11.1 Å². The summed E-state index contributed by atoms with van der Waals surface area (Å²) in [5.74, 6) is 0.855. The maximum absolute atomic E-state index is 5.35. The van der Waals surface area contributed by atoms with Gasteiger partial charge in [0.05, 0.1) is 18.3 Å². The number of hydrogen-bond donors (Lipinski definition) is 1. The second-order valence-corrected chi connectivity index (χ2v) is 8.12. The third-order valence-corrected chi connectivity index (χ3v) is 5.84. The Morgan fingerprint density at radius 3 is 2.50 bits per heavy atom. The highest BCUT2D eigenvalue weighted by atomic mass is 32.1. The summed E-state index contributed by atoms with van der Waals surface area (Å²) in [7, 11) is 9.76. The van der Waals surface area contributed by atoms with Gasteiger partial charge in [0.15, 0.2) is 5.96 Å². The van der Waals surface area contributed by atoms with Crippen molar-refractivity contribution in [2.24, 2.45) is 4.99 Å². The number of nitrogens with one attached hydrogen (secondary N) is 1. The number of aryl methyl sites for hydroxylation is 1. The molecule has 0 amide bonds. The summed E-state index contributed by atoms with van der Waals surface area (Å²) in [4.78, 5) is 13.4. The van der Waals surface area contributed by atoms with Crippen LogP contribution in [0.3, 0.4) is 0 Å². The fourth-order valence-corrected chi connectivity index (χ4v) is 3.80.